The summed E-state index contributed by atoms with van der Waals surface area (Å²) >= 11 is 7.51. The van der Waals surface area contributed by atoms with E-state index in [0.717, 1.165) is 25.8 Å². The van der Waals surface area contributed by atoms with Gasteiger partial charge in [0.15, 0.2) is 0 Å². The van der Waals surface area contributed by atoms with E-state index in [-0.39, 0.29) is 11.9 Å². The standard InChI is InChI=1S/C17H31ClN2O5S/c1-4-9-5-6-19-10(7-9)16(24)20-11(8(2)18)15-13(22)12(21)14(23)17(25-15)26-3/h8-15,17,19,21-23H,4-7H2,1-3H3,(H,20,24)/t8-,9-,10+,11+,12+,13+,14+,15-,17+/m0/s1. The first-order valence-electron chi connectivity index (χ1n) is 9.20. The Kier molecular flexibility index (Phi) is 8.46. The van der Waals surface area contributed by atoms with Gasteiger partial charge in [0.1, 0.15) is 29.9 Å². The van der Waals surface area contributed by atoms with Crippen LogP contribution in [0.25, 0.3) is 0 Å². The van der Waals surface area contributed by atoms with Gasteiger partial charge in [-0.15, -0.1) is 23.4 Å². The maximum atomic E-state index is 12.7. The molecule has 2 rings (SSSR count). The molecule has 0 aliphatic carbocycles. The highest BCUT2D eigenvalue weighted by Crippen LogP contribution is 2.30. The molecule has 1 amide bonds. The van der Waals surface area contributed by atoms with Crippen molar-refractivity contribution in [3.63, 3.8) is 0 Å². The van der Waals surface area contributed by atoms with Gasteiger partial charge >= 0.3 is 0 Å². The Morgan fingerprint density at radius 1 is 1.35 bits per heavy atom. The molecular formula is C17H31ClN2O5S. The first kappa shape index (κ1) is 22.2. The molecule has 2 aliphatic rings. The fourth-order valence-electron chi connectivity index (χ4n) is 3.66. The van der Waals surface area contributed by atoms with Gasteiger partial charge in [-0.3, -0.25) is 4.79 Å². The zero-order valence-electron chi connectivity index (χ0n) is 15.5. The summed E-state index contributed by atoms with van der Waals surface area (Å²) in [6, 6.07) is -1.00. The van der Waals surface area contributed by atoms with Crippen LogP contribution in [-0.2, 0) is 9.53 Å². The lowest BCUT2D eigenvalue weighted by molar-refractivity contribution is -0.205. The monoisotopic (exact) mass is 410 g/mol. The SMILES string of the molecule is CC[C@H]1CCN[C@@H](C(=O)N[C@@H]([C@@H]2O[C@H](SC)[C@H](O)[C@H](O)[C@H]2O)[C@H](C)Cl)C1. The molecule has 9 heteroatoms. The van der Waals surface area contributed by atoms with Crippen LogP contribution in [0.3, 0.4) is 0 Å². The van der Waals surface area contributed by atoms with Crippen LogP contribution in [0.1, 0.15) is 33.1 Å². The van der Waals surface area contributed by atoms with E-state index in [1.54, 1.807) is 13.2 Å². The molecule has 2 aliphatic heterocycles. The van der Waals surface area contributed by atoms with Gasteiger partial charge in [0.05, 0.1) is 17.5 Å². The van der Waals surface area contributed by atoms with Gasteiger partial charge in [0.25, 0.3) is 0 Å². The molecule has 2 heterocycles. The van der Waals surface area contributed by atoms with Gasteiger partial charge in [0.2, 0.25) is 5.91 Å². The number of carbonyl (C=O) groups is 1. The molecule has 152 valence electrons. The lowest BCUT2D eigenvalue weighted by Crippen LogP contribution is -2.65. The molecule has 0 aromatic rings. The van der Waals surface area contributed by atoms with Crippen molar-refractivity contribution in [1.82, 2.24) is 10.6 Å². The van der Waals surface area contributed by atoms with Gasteiger partial charge in [-0.05, 0) is 38.5 Å². The number of piperidine rings is 1. The Bertz CT molecular complexity index is 470. The minimum atomic E-state index is -1.36. The van der Waals surface area contributed by atoms with Gasteiger partial charge < -0.3 is 30.7 Å². The molecular weight excluding hydrogens is 380 g/mol. The zero-order chi connectivity index (χ0) is 19.4. The summed E-state index contributed by atoms with van der Waals surface area (Å²) in [5.41, 5.74) is -0.703. The topological polar surface area (TPSA) is 111 Å². The van der Waals surface area contributed by atoms with Crippen LogP contribution in [0.5, 0.6) is 0 Å². The van der Waals surface area contributed by atoms with Gasteiger partial charge in [0, 0.05) is 0 Å². The fourth-order valence-corrected chi connectivity index (χ4v) is 4.54. The van der Waals surface area contributed by atoms with E-state index < -0.39 is 41.3 Å². The third-order valence-corrected chi connectivity index (χ3v) is 6.53. The van der Waals surface area contributed by atoms with E-state index in [1.807, 2.05) is 0 Å². The summed E-state index contributed by atoms with van der Waals surface area (Å²) in [5, 5.41) is 36.1. The van der Waals surface area contributed by atoms with Crippen LogP contribution >= 0.6 is 23.4 Å². The third kappa shape index (κ3) is 5.04. The highest BCUT2D eigenvalue weighted by atomic mass is 35.5. The summed E-state index contributed by atoms with van der Waals surface area (Å²) in [5.74, 6) is 0.325. The van der Waals surface area contributed by atoms with Crippen LogP contribution in [-0.4, -0.2) is 81.3 Å². The average Bonchev–Trinajstić information content (AvgIpc) is 2.64. The van der Waals surface area contributed by atoms with Crippen LogP contribution in [0, 0.1) is 5.92 Å². The molecule has 9 atom stereocenters. The third-order valence-electron chi connectivity index (χ3n) is 5.40. The Morgan fingerprint density at radius 3 is 2.62 bits per heavy atom. The number of aliphatic hydroxyl groups excluding tert-OH is 3. The summed E-state index contributed by atoms with van der Waals surface area (Å²) < 4.78 is 5.77. The number of rotatable bonds is 6. The van der Waals surface area contributed by atoms with Crippen molar-refractivity contribution >= 4 is 29.3 Å². The van der Waals surface area contributed by atoms with Crippen molar-refractivity contribution in [3.8, 4) is 0 Å². The summed E-state index contributed by atoms with van der Waals surface area (Å²) in [6.07, 6.45) is -0.236. The summed E-state index contributed by atoms with van der Waals surface area (Å²) in [6.45, 7) is 4.62. The molecule has 0 aromatic heterocycles. The number of aliphatic hydroxyl groups is 3. The number of hydrogen-bond donors (Lipinski definition) is 5. The molecule has 0 saturated carbocycles. The lowest BCUT2D eigenvalue weighted by Gasteiger charge is -2.44. The Labute approximate surface area is 164 Å². The minimum absolute atomic E-state index is 0.183. The minimum Gasteiger partial charge on any atom is -0.388 e. The van der Waals surface area contributed by atoms with Gasteiger partial charge in [-0.25, -0.2) is 0 Å². The van der Waals surface area contributed by atoms with Crippen molar-refractivity contribution < 1.29 is 24.9 Å². The predicted octanol–water partition coefficient (Wildman–Crippen LogP) is 0.0473. The predicted molar refractivity (Wildman–Crippen MR) is 102 cm³/mol. The number of thioether (sulfide) groups is 1. The van der Waals surface area contributed by atoms with Crippen molar-refractivity contribution in [2.24, 2.45) is 5.92 Å². The smallest absolute Gasteiger partial charge is 0.237 e. The Balaban J connectivity index is 2.09. The molecule has 26 heavy (non-hydrogen) atoms. The summed E-state index contributed by atoms with van der Waals surface area (Å²) in [4.78, 5) is 12.7. The maximum Gasteiger partial charge on any atom is 0.237 e. The number of amides is 1. The maximum absolute atomic E-state index is 12.7. The first-order valence-corrected chi connectivity index (χ1v) is 10.9. The van der Waals surface area contributed by atoms with E-state index in [9.17, 15) is 20.1 Å². The molecule has 0 bridgehead atoms. The second kappa shape index (κ2) is 9.91. The van der Waals surface area contributed by atoms with Crippen molar-refractivity contribution in [2.45, 2.75) is 80.4 Å². The molecule has 0 aromatic carbocycles. The van der Waals surface area contributed by atoms with E-state index in [2.05, 4.69) is 17.6 Å². The number of carbonyl (C=O) groups excluding carboxylic acids is 1. The van der Waals surface area contributed by atoms with E-state index in [1.165, 1.54) is 11.8 Å². The normalized spacial score (nSPS) is 40.7. The fraction of sp³-hybridized carbons (Fsp3) is 0.941. The second-order valence-corrected chi connectivity index (χ2v) is 8.82. The quantitative estimate of drug-likeness (QED) is 0.393. The van der Waals surface area contributed by atoms with Gasteiger partial charge in [-0.1, -0.05) is 13.3 Å². The van der Waals surface area contributed by atoms with Crippen molar-refractivity contribution in [3.05, 3.63) is 0 Å². The molecule has 0 spiro atoms. The van der Waals surface area contributed by atoms with E-state index in [4.69, 9.17) is 16.3 Å². The van der Waals surface area contributed by atoms with E-state index >= 15 is 0 Å². The largest absolute Gasteiger partial charge is 0.388 e. The molecule has 5 N–H and O–H groups in total. The lowest BCUT2D eigenvalue weighted by atomic mass is 9.89. The number of hydrogen-bond acceptors (Lipinski definition) is 7. The average molecular weight is 411 g/mol. The van der Waals surface area contributed by atoms with Crippen LogP contribution in [0.15, 0.2) is 0 Å². The summed E-state index contributed by atoms with van der Waals surface area (Å²) in [7, 11) is 0. The number of nitrogens with one attached hydrogen (secondary N) is 2. The van der Waals surface area contributed by atoms with Crippen molar-refractivity contribution in [1.29, 1.82) is 0 Å². The van der Waals surface area contributed by atoms with Crippen molar-refractivity contribution in [2.75, 3.05) is 12.8 Å². The van der Waals surface area contributed by atoms with Crippen LogP contribution < -0.4 is 10.6 Å². The highest BCUT2D eigenvalue weighted by molar-refractivity contribution is 7.99. The second-order valence-electron chi connectivity index (χ2n) is 7.19. The van der Waals surface area contributed by atoms with Gasteiger partial charge in [-0.2, -0.15) is 0 Å². The molecule has 0 radical (unpaired) electrons. The number of alkyl halides is 1. The Morgan fingerprint density at radius 2 is 2.04 bits per heavy atom. The number of ether oxygens (including phenoxy) is 1. The molecule has 7 nitrogen and oxygen atoms in total. The number of halogens is 1. The van der Waals surface area contributed by atoms with E-state index in [0.29, 0.717) is 5.92 Å². The highest BCUT2D eigenvalue weighted by Gasteiger charge is 2.48. The zero-order valence-corrected chi connectivity index (χ0v) is 17.0. The van der Waals surface area contributed by atoms with Crippen LogP contribution in [0.2, 0.25) is 0 Å². The molecule has 2 fully saturated rings. The molecule has 0 unspecified atom stereocenters. The molecule has 2 saturated heterocycles. The first-order chi connectivity index (χ1) is 12.3. The Hall–Kier alpha value is -0.0900. The van der Waals surface area contributed by atoms with Crippen LogP contribution in [0.4, 0.5) is 0 Å².